The molecule has 2 aromatic rings. The van der Waals surface area contributed by atoms with E-state index in [1.165, 1.54) is 25.0 Å². The zero-order chi connectivity index (χ0) is 14.9. The van der Waals surface area contributed by atoms with Crippen molar-refractivity contribution in [1.82, 2.24) is 15.1 Å². The van der Waals surface area contributed by atoms with E-state index in [0.29, 0.717) is 12.6 Å². The third kappa shape index (κ3) is 3.85. The number of rotatable bonds is 5. The maximum Gasteiger partial charge on any atom is 0.416 e. The maximum atomic E-state index is 12.5. The van der Waals surface area contributed by atoms with Crippen molar-refractivity contribution in [2.45, 2.75) is 38.1 Å². The molecule has 3 nitrogen and oxygen atoms in total. The van der Waals surface area contributed by atoms with E-state index in [9.17, 15) is 13.2 Å². The largest absolute Gasteiger partial charge is 0.416 e. The van der Waals surface area contributed by atoms with Crippen molar-refractivity contribution in [3.05, 3.63) is 53.3 Å². The summed E-state index contributed by atoms with van der Waals surface area (Å²) in [5.74, 6) is 0. The van der Waals surface area contributed by atoms with Crippen molar-refractivity contribution in [2.75, 3.05) is 0 Å². The van der Waals surface area contributed by atoms with Gasteiger partial charge in [-0.05, 0) is 30.5 Å². The molecule has 112 valence electrons. The average molecular weight is 295 g/mol. The fraction of sp³-hybridized carbons (Fsp3) is 0.400. The van der Waals surface area contributed by atoms with E-state index in [2.05, 4.69) is 10.4 Å². The van der Waals surface area contributed by atoms with Gasteiger partial charge in [-0.2, -0.15) is 18.3 Å². The molecule has 1 saturated carbocycles. The second-order valence-electron chi connectivity index (χ2n) is 5.40. The lowest BCUT2D eigenvalue weighted by atomic mass is 10.1. The summed E-state index contributed by atoms with van der Waals surface area (Å²) in [4.78, 5) is 0. The highest BCUT2D eigenvalue weighted by Crippen LogP contribution is 2.29. The highest BCUT2D eigenvalue weighted by atomic mass is 19.4. The summed E-state index contributed by atoms with van der Waals surface area (Å²) in [7, 11) is 0. The molecule has 1 fully saturated rings. The molecule has 0 atom stereocenters. The van der Waals surface area contributed by atoms with E-state index in [1.807, 2.05) is 6.20 Å². The van der Waals surface area contributed by atoms with E-state index in [-0.39, 0.29) is 0 Å². The van der Waals surface area contributed by atoms with Crippen molar-refractivity contribution >= 4 is 0 Å². The fourth-order valence-corrected chi connectivity index (χ4v) is 2.12. The molecular weight excluding hydrogens is 279 g/mol. The van der Waals surface area contributed by atoms with Gasteiger partial charge in [0.15, 0.2) is 0 Å². The minimum absolute atomic E-state index is 0.474. The summed E-state index contributed by atoms with van der Waals surface area (Å²) in [6, 6.07) is 5.84. The Labute approximate surface area is 120 Å². The van der Waals surface area contributed by atoms with Crippen LogP contribution < -0.4 is 5.32 Å². The van der Waals surface area contributed by atoms with Crippen molar-refractivity contribution in [3.63, 3.8) is 0 Å². The van der Waals surface area contributed by atoms with Crippen LogP contribution in [0.3, 0.4) is 0 Å². The van der Waals surface area contributed by atoms with E-state index < -0.39 is 11.7 Å². The molecule has 1 N–H and O–H groups in total. The Morgan fingerprint density at radius 2 is 1.86 bits per heavy atom. The lowest BCUT2D eigenvalue weighted by Crippen LogP contribution is -2.14. The molecule has 6 heteroatoms. The van der Waals surface area contributed by atoms with Gasteiger partial charge in [0.1, 0.15) is 0 Å². The van der Waals surface area contributed by atoms with Gasteiger partial charge in [0.05, 0.1) is 18.3 Å². The van der Waals surface area contributed by atoms with E-state index >= 15 is 0 Å². The van der Waals surface area contributed by atoms with Crippen LogP contribution >= 0.6 is 0 Å². The number of hydrogen-bond donors (Lipinski definition) is 1. The van der Waals surface area contributed by atoms with Crippen LogP contribution in [0.25, 0.3) is 0 Å². The molecule has 1 aromatic heterocycles. The summed E-state index contributed by atoms with van der Waals surface area (Å²) in [6.07, 6.45) is 1.90. The average Bonchev–Trinajstić information content (AvgIpc) is 3.16. The van der Waals surface area contributed by atoms with Gasteiger partial charge in [-0.15, -0.1) is 0 Å². The summed E-state index contributed by atoms with van der Waals surface area (Å²) >= 11 is 0. The van der Waals surface area contributed by atoms with Gasteiger partial charge in [-0.3, -0.25) is 4.68 Å². The number of halogens is 3. The van der Waals surface area contributed by atoms with Crippen LogP contribution in [0.4, 0.5) is 13.2 Å². The molecule has 0 amide bonds. The molecule has 0 unspecified atom stereocenters. The van der Waals surface area contributed by atoms with Crippen LogP contribution in [0.1, 0.15) is 29.5 Å². The molecule has 1 aliphatic carbocycles. The molecule has 0 radical (unpaired) electrons. The first kappa shape index (κ1) is 14.1. The molecular formula is C15H16F3N3. The molecule has 1 heterocycles. The third-order valence-corrected chi connectivity index (χ3v) is 3.48. The van der Waals surface area contributed by atoms with E-state index in [4.69, 9.17) is 0 Å². The first-order valence-corrected chi connectivity index (χ1v) is 6.91. The van der Waals surface area contributed by atoms with Crippen LogP contribution in [0.5, 0.6) is 0 Å². The van der Waals surface area contributed by atoms with Crippen molar-refractivity contribution < 1.29 is 13.2 Å². The Bertz CT molecular complexity index is 597. The van der Waals surface area contributed by atoms with Crippen molar-refractivity contribution in [3.8, 4) is 0 Å². The molecule has 1 aromatic carbocycles. The lowest BCUT2D eigenvalue weighted by Gasteiger charge is -2.07. The van der Waals surface area contributed by atoms with Crippen LogP contribution in [0.15, 0.2) is 36.7 Å². The quantitative estimate of drug-likeness (QED) is 0.918. The van der Waals surface area contributed by atoms with Crippen LogP contribution in [0, 0.1) is 0 Å². The summed E-state index contributed by atoms with van der Waals surface area (Å²) in [6.45, 7) is 1.26. The number of nitrogens with zero attached hydrogens (tertiary/aromatic N) is 2. The number of aromatic nitrogens is 2. The van der Waals surface area contributed by atoms with Gasteiger partial charge >= 0.3 is 6.18 Å². The monoisotopic (exact) mass is 295 g/mol. The highest BCUT2D eigenvalue weighted by molar-refractivity contribution is 5.24. The summed E-state index contributed by atoms with van der Waals surface area (Å²) in [5, 5.41) is 7.63. The van der Waals surface area contributed by atoms with Gasteiger partial charge < -0.3 is 5.32 Å². The Balaban J connectivity index is 1.60. The maximum absolute atomic E-state index is 12.5. The third-order valence-electron chi connectivity index (χ3n) is 3.48. The van der Waals surface area contributed by atoms with Gasteiger partial charge in [0.2, 0.25) is 0 Å². The number of hydrogen-bond acceptors (Lipinski definition) is 2. The fourth-order valence-electron chi connectivity index (χ4n) is 2.12. The standard InChI is InChI=1S/C15H16F3N3/c16-15(17,18)13-3-1-11(2-4-13)9-21-10-12(8-20-21)7-19-14-5-6-14/h1-4,8,10,14,19H,5-7,9H2. The molecule has 3 rings (SSSR count). The summed E-state index contributed by atoms with van der Waals surface area (Å²) in [5.41, 5.74) is 1.27. The molecule has 21 heavy (non-hydrogen) atoms. The van der Waals surface area contributed by atoms with Gasteiger partial charge in [-0.1, -0.05) is 12.1 Å². The minimum Gasteiger partial charge on any atom is -0.310 e. The molecule has 0 saturated heterocycles. The smallest absolute Gasteiger partial charge is 0.310 e. The Morgan fingerprint density at radius 3 is 2.48 bits per heavy atom. The van der Waals surface area contributed by atoms with Gasteiger partial charge in [0, 0.05) is 24.3 Å². The predicted octanol–water partition coefficient (Wildman–Crippen LogP) is 3.20. The first-order chi connectivity index (χ1) is 10.0. The zero-order valence-corrected chi connectivity index (χ0v) is 11.4. The Kier molecular flexibility index (Phi) is 3.71. The van der Waals surface area contributed by atoms with Crippen molar-refractivity contribution in [2.24, 2.45) is 0 Å². The van der Waals surface area contributed by atoms with Crippen LogP contribution in [-0.2, 0) is 19.3 Å². The van der Waals surface area contributed by atoms with Crippen molar-refractivity contribution in [1.29, 1.82) is 0 Å². The number of nitrogens with one attached hydrogen (secondary N) is 1. The van der Waals surface area contributed by atoms with Crippen LogP contribution in [0.2, 0.25) is 0 Å². The zero-order valence-electron chi connectivity index (χ0n) is 11.4. The van der Waals surface area contributed by atoms with Crippen LogP contribution in [-0.4, -0.2) is 15.8 Å². The topological polar surface area (TPSA) is 29.9 Å². The normalized spacial score (nSPS) is 15.4. The first-order valence-electron chi connectivity index (χ1n) is 6.91. The van der Waals surface area contributed by atoms with E-state index in [0.717, 1.165) is 29.8 Å². The number of alkyl halides is 3. The molecule has 0 aliphatic heterocycles. The van der Waals surface area contributed by atoms with Gasteiger partial charge in [-0.25, -0.2) is 0 Å². The molecule has 1 aliphatic rings. The highest BCUT2D eigenvalue weighted by Gasteiger charge is 2.29. The molecule has 0 bridgehead atoms. The predicted molar refractivity (Wildman–Crippen MR) is 72.6 cm³/mol. The summed E-state index contributed by atoms with van der Waals surface area (Å²) < 4.78 is 39.2. The number of benzene rings is 1. The second kappa shape index (κ2) is 5.52. The Hall–Kier alpha value is -1.82. The van der Waals surface area contributed by atoms with E-state index in [1.54, 1.807) is 10.9 Å². The Morgan fingerprint density at radius 1 is 1.14 bits per heavy atom. The second-order valence-corrected chi connectivity index (χ2v) is 5.40. The molecule has 0 spiro atoms. The SMILES string of the molecule is FC(F)(F)c1ccc(Cn2cc(CNC3CC3)cn2)cc1. The minimum atomic E-state index is -4.29. The lowest BCUT2D eigenvalue weighted by molar-refractivity contribution is -0.137. The van der Waals surface area contributed by atoms with Gasteiger partial charge in [0.25, 0.3) is 0 Å².